The average Bonchev–Trinajstić information content (AvgIpc) is 2.21. The van der Waals surface area contributed by atoms with Crippen LogP contribution < -0.4 is 5.73 Å². The smallest absolute Gasteiger partial charge is 0.329 e. The lowest BCUT2D eigenvalue weighted by Crippen LogP contribution is -2.19. The molecule has 0 saturated heterocycles. The maximum atomic E-state index is 10.3. The summed E-state index contributed by atoms with van der Waals surface area (Å²) in [5.74, 6) is -0.979. The lowest BCUT2D eigenvalue weighted by molar-refractivity contribution is -0.142. The zero-order valence-electron chi connectivity index (χ0n) is 9.56. The van der Waals surface area contributed by atoms with Crippen LogP contribution >= 0.6 is 0 Å². The fourth-order valence-electron chi connectivity index (χ4n) is 1.36. The van der Waals surface area contributed by atoms with Gasteiger partial charge in [-0.3, -0.25) is 0 Å². The van der Waals surface area contributed by atoms with Crippen molar-refractivity contribution in [1.29, 1.82) is 0 Å². The van der Waals surface area contributed by atoms with Crippen molar-refractivity contribution < 1.29 is 14.6 Å². The quantitative estimate of drug-likeness (QED) is 0.791. The summed E-state index contributed by atoms with van der Waals surface area (Å²) < 4.78 is 4.96. The van der Waals surface area contributed by atoms with E-state index >= 15 is 0 Å². The molecule has 4 nitrogen and oxygen atoms in total. The van der Waals surface area contributed by atoms with Crippen LogP contribution in [0.15, 0.2) is 18.2 Å². The molecular formula is C12H17NO3. The van der Waals surface area contributed by atoms with Gasteiger partial charge in [0.2, 0.25) is 0 Å². The van der Waals surface area contributed by atoms with Gasteiger partial charge in [-0.05, 0) is 30.5 Å². The van der Waals surface area contributed by atoms with Crippen LogP contribution in [0.4, 0.5) is 0 Å². The summed E-state index contributed by atoms with van der Waals surface area (Å²) in [4.78, 5) is 10.3. The summed E-state index contributed by atoms with van der Waals surface area (Å²) in [7, 11) is 0. The number of benzene rings is 1. The molecule has 4 heteroatoms. The van der Waals surface area contributed by atoms with Gasteiger partial charge in [-0.25, -0.2) is 4.79 Å². The van der Waals surface area contributed by atoms with Crippen LogP contribution in [-0.4, -0.2) is 24.3 Å². The molecule has 1 atom stereocenters. The SMILES string of the molecule is Cc1ccc(C(N)COCC(=O)O)cc1C. The number of carboxylic acids is 1. The molecule has 3 N–H and O–H groups in total. The first kappa shape index (κ1) is 12.7. The van der Waals surface area contributed by atoms with Crippen LogP contribution in [-0.2, 0) is 9.53 Å². The summed E-state index contributed by atoms with van der Waals surface area (Å²) in [5, 5.41) is 8.41. The van der Waals surface area contributed by atoms with Crippen molar-refractivity contribution in [2.45, 2.75) is 19.9 Å². The third kappa shape index (κ3) is 3.64. The number of carbonyl (C=O) groups is 1. The molecule has 0 amide bonds. The molecular weight excluding hydrogens is 206 g/mol. The number of ether oxygens (including phenoxy) is 1. The Hall–Kier alpha value is -1.39. The molecule has 0 spiro atoms. The third-order valence-electron chi connectivity index (χ3n) is 2.48. The van der Waals surface area contributed by atoms with E-state index in [1.165, 1.54) is 11.1 Å². The highest BCUT2D eigenvalue weighted by molar-refractivity contribution is 5.67. The molecule has 0 radical (unpaired) electrons. The molecule has 0 saturated carbocycles. The average molecular weight is 223 g/mol. The lowest BCUT2D eigenvalue weighted by Gasteiger charge is -2.13. The van der Waals surface area contributed by atoms with Gasteiger partial charge in [0.1, 0.15) is 6.61 Å². The molecule has 1 aromatic rings. The number of rotatable bonds is 5. The van der Waals surface area contributed by atoms with Gasteiger partial charge in [0.15, 0.2) is 0 Å². The molecule has 1 aromatic carbocycles. The highest BCUT2D eigenvalue weighted by atomic mass is 16.5. The molecule has 1 unspecified atom stereocenters. The maximum Gasteiger partial charge on any atom is 0.329 e. The van der Waals surface area contributed by atoms with E-state index in [-0.39, 0.29) is 19.3 Å². The van der Waals surface area contributed by atoms with E-state index in [4.69, 9.17) is 15.6 Å². The zero-order valence-corrected chi connectivity index (χ0v) is 9.56. The largest absolute Gasteiger partial charge is 0.480 e. The van der Waals surface area contributed by atoms with E-state index in [1.54, 1.807) is 0 Å². The van der Waals surface area contributed by atoms with Crippen molar-refractivity contribution in [2.24, 2.45) is 5.73 Å². The van der Waals surface area contributed by atoms with Gasteiger partial charge >= 0.3 is 5.97 Å². The van der Waals surface area contributed by atoms with Gasteiger partial charge in [-0.1, -0.05) is 18.2 Å². The highest BCUT2D eigenvalue weighted by Crippen LogP contribution is 2.15. The molecule has 16 heavy (non-hydrogen) atoms. The minimum absolute atomic E-state index is 0.217. The summed E-state index contributed by atoms with van der Waals surface area (Å²) >= 11 is 0. The Bertz CT molecular complexity index is 377. The third-order valence-corrected chi connectivity index (χ3v) is 2.48. The predicted molar refractivity (Wildman–Crippen MR) is 61.3 cm³/mol. The first-order chi connectivity index (χ1) is 7.50. The number of carboxylic acid groups (broad SMARTS) is 1. The Labute approximate surface area is 95.0 Å². The van der Waals surface area contributed by atoms with E-state index in [0.717, 1.165) is 5.56 Å². The van der Waals surface area contributed by atoms with Crippen LogP contribution in [0.2, 0.25) is 0 Å². The van der Waals surface area contributed by atoms with Crippen molar-refractivity contribution in [3.63, 3.8) is 0 Å². The van der Waals surface area contributed by atoms with Gasteiger partial charge in [-0.2, -0.15) is 0 Å². The van der Waals surface area contributed by atoms with Crippen LogP contribution in [0.1, 0.15) is 22.7 Å². The van der Waals surface area contributed by atoms with Crippen LogP contribution in [0.5, 0.6) is 0 Å². The van der Waals surface area contributed by atoms with E-state index in [0.29, 0.717) is 0 Å². The molecule has 0 aliphatic rings. The van der Waals surface area contributed by atoms with Gasteiger partial charge in [-0.15, -0.1) is 0 Å². The number of hydrogen-bond acceptors (Lipinski definition) is 3. The van der Waals surface area contributed by atoms with Crippen LogP contribution in [0, 0.1) is 13.8 Å². The number of aryl methyl sites for hydroxylation is 2. The minimum Gasteiger partial charge on any atom is -0.480 e. The second-order valence-electron chi connectivity index (χ2n) is 3.86. The second kappa shape index (κ2) is 5.63. The Morgan fingerprint density at radius 1 is 1.44 bits per heavy atom. The summed E-state index contributed by atoms with van der Waals surface area (Å²) in [6.45, 7) is 3.96. The Morgan fingerprint density at radius 2 is 2.12 bits per heavy atom. The maximum absolute atomic E-state index is 10.3. The summed E-state index contributed by atoms with van der Waals surface area (Å²) in [6.07, 6.45) is 0. The van der Waals surface area contributed by atoms with Gasteiger partial charge in [0, 0.05) is 0 Å². The lowest BCUT2D eigenvalue weighted by atomic mass is 10.0. The van der Waals surface area contributed by atoms with Gasteiger partial charge in [0.05, 0.1) is 12.6 Å². The number of hydrogen-bond donors (Lipinski definition) is 2. The summed E-state index contributed by atoms with van der Waals surface area (Å²) in [5.41, 5.74) is 9.23. The van der Waals surface area contributed by atoms with E-state index in [2.05, 4.69) is 0 Å². The molecule has 0 bridgehead atoms. The molecule has 0 aliphatic heterocycles. The van der Waals surface area contributed by atoms with E-state index in [9.17, 15) is 4.79 Å². The molecule has 0 aliphatic carbocycles. The van der Waals surface area contributed by atoms with Crippen molar-refractivity contribution in [2.75, 3.05) is 13.2 Å². The minimum atomic E-state index is -0.979. The predicted octanol–water partition coefficient (Wildman–Crippen LogP) is 1.40. The number of nitrogens with two attached hydrogens (primary N) is 1. The highest BCUT2D eigenvalue weighted by Gasteiger charge is 2.08. The summed E-state index contributed by atoms with van der Waals surface area (Å²) in [6, 6.07) is 5.67. The molecule has 0 aromatic heterocycles. The Balaban J connectivity index is 2.55. The van der Waals surface area contributed by atoms with Crippen molar-refractivity contribution in [3.8, 4) is 0 Å². The normalized spacial score (nSPS) is 12.4. The molecule has 0 heterocycles. The van der Waals surface area contributed by atoms with Crippen LogP contribution in [0.25, 0.3) is 0 Å². The van der Waals surface area contributed by atoms with Crippen molar-refractivity contribution in [1.82, 2.24) is 0 Å². The van der Waals surface area contributed by atoms with E-state index < -0.39 is 5.97 Å². The Kier molecular flexibility index (Phi) is 4.46. The molecule has 88 valence electrons. The van der Waals surface area contributed by atoms with Gasteiger partial charge in [0.25, 0.3) is 0 Å². The first-order valence-corrected chi connectivity index (χ1v) is 5.13. The Morgan fingerprint density at radius 3 is 2.69 bits per heavy atom. The standard InChI is InChI=1S/C12H17NO3/c1-8-3-4-10(5-9(8)2)11(13)6-16-7-12(14)15/h3-5,11H,6-7,13H2,1-2H3,(H,14,15). The topological polar surface area (TPSA) is 72.5 Å². The van der Waals surface area contributed by atoms with Crippen molar-refractivity contribution in [3.05, 3.63) is 34.9 Å². The van der Waals surface area contributed by atoms with E-state index in [1.807, 2.05) is 32.0 Å². The number of aliphatic carboxylic acids is 1. The molecule has 1 rings (SSSR count). The zero-order chi connectivity index (χ0) is 12.1. The fourth-order valence-corrected chi connectivity index (χ4v) is 1.36. The van der Waals surface area contributed by atoms with Crippen molar-refractivity contribution >= 4 is 5.97 Å². The van der Waals surface area contributed by atoms with Crippen LogP contribution in [0.3, 0.4) is 0 Å². The molecule has 0 fully saturated rings. The fraction of sp³-hybridized carbons (Fsp3) is 0.417. The second-order valence-corrected chi connectivity index (χ2v) is 3.86. The van der Waals surface area contributed by atoms with Gasteiger partial charge < -0.3 is 15.6 Å². The first-order valence-electron chi connectivity index (χ1n) is 5.13. The monoisotopic (exact) mass is 223 g/mol.